The van der Waals surface area contributed by atoms with Crippen molar-refractivity contribution in [2.24, 2.45) is 0 Å². The van der Waals surface area contributed by atoms with Gasteiger partial charge in [0.2, 0.25) is 0 Å². The first-order valence-corrected chi connectivity index (χ1v) is 11.4. The quantitative estimate of drug-likeness (QED) is 0.247. The Bertz CT molecular complexity index is 1630. The van der Waals surface area contributed by atoms with Crippen molar-refractivity contribution in [3.63, 3.8) is 0 Å². The van der Waals surface area contributed by atoms with Crippen molar-refractivity contribution in [2.75, 3.05) is 0 Å². The number of hydrogen-bond donors (Lipinski definition) is 0. The molecule has 3 nitrogen and oxygen atoms in total. The number of ketones is 2. The van der Waals surface area contributed by atoms with Gasteiger partial charge in [-0.15, -0.1) is 0 Å². The molecule has 166 valence electrons. The summed E-state index contributed by atoms with van der Waals surface area (Å²) in [4.78, 5) is 26.3. The van der Waals surface area contributed by atoms with Gasteiger partial charge in [0.1, 0.15) is 11.5 Å². The van der Waals surface area contributed by atoms with Gasteiger partial charge in [-0.05, 0) is 52.3 Å². The van der Waals surface area contributed by atoms with Gasteiger partial charge in [-0.25, -0.2) is 0 Å². The molecule has 1 aliphatic heterocycles. The normalized spacial score (nSPS) is 16.6. The molecule has 4 aromatic carbocycles. The lowest BCUT2D eigenvalue weighted by Crippen LogP contribution is -2.14. The molecule has 0 radical (unpaired) electrons. The SMILES string of the molecule is O=C1C=Cc2ccccc2/C1=C/C=C1/Oc2ccc3ccccc3c2C=C1C(=O)c1ccccc1. The van der Waals surface area contributed by atoms with E-state index in [0.717, 1.165) is 27.5 Å². The number of carbonyl (C=O) groups excluding carboxylic acids is 2. The topological polar surface area (TPSA) is 43.4 Å². The van der Waals surface area contributed by atoms with Crippen LogP contribution in [0, 0.1) is 0 Å². The number of Topliss-reactive ketones (excluding diaryl/α,β-unsaturated/α-hetero) is 1. The maximum Gasteiger partial charge on any atom is 0.196 e. The first-order chi connectivity index (χ1) is 17.2. The van der Waals surface area contributed by atoms with Crippen molar-refractivity contribution in [3.8, 4) is 5.75 Å². The lowest BCUT2D eigenvalue weighted by molar-refractivity contribution is -0.109. The fourth-order valence-electron chi connectivity index (χ4n) is 4.56. The molecule has 0 atom stereocenters. The molecular formula is C32H20O3. The Morgan fingerprint density at radius 1 is 0.743 bits per heavy atom. The third-order valence-electron chi connectivity index (χ3n) is 6.32. The summed E-state index contributed by atoms with van der Waals surface area (Å²) in [5.74, 6) is 0.869. The van der Waals surface area contributed by atoms with Gasteiger partial charge in [0, 0.05) is 16.7 Å². The van der Waals surface area contributed by atoms with Gasteiger partial charge < -0.3 is 4.74 Å². The van der Waals surface area contributed by atoms with Crippen LogP contribution in [0.1, 0.15) is 27.0 Å². The Balaban J connectivity index is 1.51. The molecule has 0 bridgehead atoms. The van der Waals surface area contributed by atoms with E-state index in [4.69, 9.17) is 4.74 Å². The maximum atomic E-state index is 13.6. The highest BCUT2D eigenvalue weighted by Crippen LogP contribution is 2.38. The first kappa shape index (κ1) is 20.8. The first-order valence-electron chi connectivity index (χ1n) is 11.4. The number of hydrogen-bond acceptors (Lipinski definition) is 3. The molecule has 0 saturated heterocycles. The summed E-state index contributed by atoms with van der Waals surface area (Å²) in [6.45, 7) is 0. The molecule has 2 aliphatic rings. The number of rotatable bonds is 3. The molecule has 1 heterocycles. The Morgan fingerprint density at radius 2 is 1.51 bits per heavy atom. The van der Waals surface area contributed by atoms with Gasteiger partial charge in [0.25, 0.3) is 0 Å². The van der Waals surface area contributed by atoms with Crippen molar-refractivity contribution < 1.29 is 14.3 Å². The zero-order valence-electron chi connectivity index (χ0n) is 18.8. The second-order valence-corrected chi connectivity index (χ2v) is 8.45. The average Bonchev–Trinajstić information content (AvgIpc) is 2.92. The monoisotopic (exact) mass is 452 g/mol. The second-order valence-electron chi connectivity index (χ2n) is 8.45. The molecule has 0 saturated carbocycles. The standard InChI is InChI=1S/C32H20O3/c33-29-17-14-21-8-4-6-12-24(21)26(29)16-19-31-28(32(34)23-10-2-1-3-11-23)20-27-25-13-7-5-9-22(25)15-18-30(27)35-31/h1-20H/b26-16-,31-19+. The number of carbonyl (C=O) groups is 2. The van der Waals surface area contributed by atoms with Crippen LogP contribution in [0.3, 0.4) is 0 Å². The van der Waals surface area contributed by atoms with Crippen LogP contribution in [0.5, 0.6) is 5.75 Å². The van der Waals surface area contributed by atoms with Crippen molar-refractivity contribution in [1.29, 1.82) is 0 Å². The van der Waals surface area contributed by atoms with Gasteiger partial charge in [-0.3, -0.25) is 9.59 Å². The molecule has 0 fully saturated rings. The van der Waals surface area contributed by atoms with Crippen molar-refractivity contribution >= 4 is 40.1 Å². The van der Waals surface area contributed by atoms with E-state index in [1.54, 1.807) is 30.4 Å². The van der Waals surface area contributed by atoms with Gasteiger partial charge in [0.05, 0.1) is 5.57 Å². The highest BCUT2D eigenvalue weighted by molar-refractivity contribution is 6.30. The number of fused-ring (bicyclic) bond motifs is 4. The Hall–Kier alpha value is -4.76. The highest BCUT2D eigenvalue weighted by Gasteiger charge is 2.25. The molecule has 0 aromatic heterocycles. The third kappa shape index (κ3) is 3.73. The molecule has 0 unspecified atom stereocenters. The van der Waals surface area contributed by atoms with Crippen molar-refractivity contribution in [3.05, 3.63) is 143 Å². The summed E-state index contributed by atoms with van der Waals surface area (Å²) in [7, 11) is 0. The number of benzene rings is 4. The van der Waals surface area contributed by atoms with Crippen LogP contribution in [0.15, 0.2) is 121 Å². The van der Waals surface area contributed by atoms with E-state index in [9.17, 15) is 9.59 Å². The van der Waals surface area contributed by atoms with E-state index < -0.39 is 0 Å². The van der Waals surface area contributed by atoms with Crippen LogP contribution >= 0.6 is 0 Å². The Morgan fingerprint density at radius 3 is 2.40 bits per heavy atom. The average molecular weight is 453 g/mol. The zero-order chi connectivity index (χ0) is 23.8. The fraction of sp³-hybridized carbons (Fsp3) is 0. The van der Waals surface area contributed by atoms with E-state index in [1.165, 1.54) is 0 Å². The third-order valence-corrected chi connectivity index (χ3v) is 6.32. The summed E-state index contributed by atoms with van der Waals surface area (Å²) < 4.78 is 6.31. The largest absolute Gasteiger partial charge is 0.456 e. The van der Waals surface area contributed by atoms with E-state index >= 15 is 0 Å². The van der Waals surface area contributed by atoms with Crippen LogP contribution in [0.25, 0.3) is 28.5 Å². The minimum atomic E-state index is -0.135. The summed E-state index contributed by atoms with van der Waals surface area (Å²) in [6, 6.07) is 28.9. The molecule has 0 amide bonds. The lowest BCUT2D eigenvalue weighted by atomic mass is 9.90. The molecule has 1 aliphatic carbocycles. The predicted octanol–water partition coefficient (Wildman–Crippen LogP) is 7.06. The minimum absolute atomic E-state index is 0.0809. The van der Waals surface area contributed by atoms with Crippen LogP contribution in [0.4, 0.5) is 0 Å². The molecule has 4 aromatic rings. The summed E-state index contributed by atoms with van der Waals surface area (Å²) >= 11 is 0. The van der Waals surface area contributed by atoms with Crippen LogP contribution < -0.4 is 4.74 Å². The van der Waals surface area contributed by atoms with Crippen LogP contribution in [-0.2, 0) is 4.79 Å². The molecule has 0 N–H and O–H groups in total. The van der Waals surface area contributed by atoms with Gasteiger partial charge in [-0.1, -0.05) is 91.0 Å². The van der Waals surface area contributed by atoms with Crippen molar-refractivity contribution in [2.45, 2.75) is 0 Å². The van der Waals surface area contributed by atoms with E-state index in [-0.39, 0.29) is 11.6 Å². The van der Waals surface area contributed by atoms with E-state index in [2.05, 4.69) is 0 Å². The van der Waals surface area contributed by atoms with E-state index in [1.807, 2.05) is 91.0 Å². The van der Waals surface area contributed by atoms with Crippen LogP contribution in [-0.4, -0.2) is 11.6 Å². The molecule has 6 rings (SSSR count). The Labute approximate surface area is 203 Å². The highest BCUT2D eigenvalue weighted by atomic mass is 16.5. The van der Waals surface area contributed by atoms with Gasteiger partial charge >= 0.3 is 0 Å². The van der Waals surface area contributed by atoms with E-state index in [0.29, 0.717) is 28.2 Å². The Kier molecular flexibility index (Phi) is 5.08. The predicted molar refractivity (Wildman–Crippen MR) is 140 cm³/mol. The number of allylic oxidation sites excluding steroid dienone is 5. The van der Waals surface area contributed by atoms with Crippen molar-refractivity contribution in [1.82, 2.24) is 0 Å². The molecule has 0 spiro atoms. The van der Waals surface area contributed by atoms with Crippen LogP contribution in [0.2, 0.25) is 0 Å². The minimum Gasteiger partial charge on any atom is -0.456 e. The zero-order valence-corrected chi connectivity index (χ0v) is 18.8. The lowest BCUT2D eigenvalue weighted by Gasteiger charge is -2.21. The summed E-state index contributed by atoms with van der Waals surface area (Å²) in [6.07, 6.45) is 8.77. The smallest absolute Gasteiger partial charge is 0.196 e. The fourth-order valence-corrected chi connectivity index (χ4v) is 4.56. The maximum absolute atomic E-state index is 13.6. The molecule has 35 heavy (non-hydrogen) atoms. The van der Waals surface area contributed by atoms with Gasteiger partial charge in [0.15, 0.2) is 11.6 Å². The molecular weight excluding hydrogens is 432 g/mol. The second kappa shape index (κ2) is 8.54. The van der Waals surface area contributed by atoms with Gasteiger partial charge in [-0.2, -0.15) is 0 Å². The summed E-state index contributed by atoms with van der Waals surface area (Å²) in [5, 5.41) is 2.09. The molecule has 3 heteroatoms. The number of ether oxygens (including phenoxy) is 1. The summed E-state index contributed by atoms with van der Waals surface area (Å²) in [5.41, 5.74) is 4.30.